The van der Waals surface area contributed by atoms with E-state index >= 15 is 0 Å². The summed E-state index contributed by atoms with van der Waals surface area (Å²) in [6.45, 7) is 0.904. The van der Waals surface area contributed by atoms with Crippen LogP contribution < -0.4 is 5.32 Å². The number of piperidine rings is 1. The highest BCUT2D eigenvalue weighted by Gasteiger charge is 2.28. The lowest BCUT2D eigenvalue weighted by molar-refractivity contribution is -0.385. The van der Waals surface area contributed by atoms with Gasteiger partial charge in [-0.05, 0) is 12.8 Å². The SMILES string of the molecule is O=C(Nc1nncs1)C1CCN(C(=O)Cc2ccccc2[N+](=O)[O-])CC1. The molecule has 3 rings (SSSR count). The molecule has 10 heteroatoms. The Morgan fingerprint density at radius 1 is 1.31 bits per heavy atom. The molecule has 1 fully saturated rings. The highest BCUT2D eigenvalue weighted by atomic mass is 32.1. The number of nitrogens with zero attached hydrogens (tertiary/aromatic N) is 4. The first-order valence-electron chi connectivity index (χ1n) is 8.11. The Bertz CT molecular complexity index is 803. The van der Waals surface area contributed by atoms with E-state index in [2.05, 4.69) is 15.5 Å². The lowest BCUT2D eigenvalue weighted by Gasteiger charge is -2.31. The van der Waals surface area contributed by atoms with Gasteiger partial charge in [0, 0.05) is 30.6 Å². The van der Waals surface area contributed by atoms with Crippen LogP contribution in [-0.4, -0.2) is 44.9 Å². The van der Waals surface area contributed by atoms with E-state index in [1.807, 2.05) is 0 Å². The van der Waals surface area contributed by atoms with Crippen LogP contribution in [0.4, 0.5) is 10.8 Å². The summed E-state index contributed by atoms with van der Waals surface area (Å²) in [4.78, 5) is 36.9. The predicted molar refractivity (Wildman–Crippen MR) is 94.6 cm³/mol. The minimum atomic E-state index is -0.480. The van der Waals surface area contributed by atoms with Crippen molar-refractivity contribution in [1.29, 1.82) is 0 Å². The van der Waals surface area contributed by atoms with Gasteiger partial charge in [-0.2, -0.15) is 0 Å². The van der Waals surface area contributed by atoms with Crippen molar-refractivity contribution in [1.82, 2.24) is 15.1 Å². The third-order valence-corrected chi connectivity index (χ3v) is 4.95. The van der Waals surface area contributed by atoms with E-state index in [9.17, 15) is 19.7 Å². The minimum absolute atomic E-state index is 0.0151. The Morgan fingerprint density at radius 2 is 2.04 bits per heavy atom. The van der Waals surface area contributed by atoms with Gasteiger partial charge >= 0.3 is 0 Å². The highest BCUT2D eigenvalue weighted by Crippen LogP contribution is 2.23. The Kier molecular flexibility index (Phi) is 5.52. The molecule has 0 unspecified atom stereocenters. The molecule has 2 heterocycles. The van der Waals surface area contributed by atoms with Crippen LogP contribution in [-0.2, 0) is 16.0 Å². The highest BCUT2D eigenvalue weighted by molar-refractivity contribution is 7.13. The molecule has 0 aliphatic carbocycles. The van der Waals surface area contributed by atoms with Crippen LogP contribution in [0.2, 0.25) is 0 Å². The zero-order chi connectivity index (χ0) is 18.5. The number of nitrogens with one attached hydrogen (secondary N) is 1. The van der Waals surface area contributed by atoms with Crippen molar-refractivity contribution < 1.29 is 14.5 Å². The minimum Gasteiger partial charge on any atom is -0.342 e. The number of nitro groups is 1. The van der Waals surface area contributed by atoms with Crippen molar-refractivity contribution in [3.8, 4) is 0 Å². The van der Waals surface area contributed by atoms with E-state index in [0.717, 1.165) is 0 Å². The Morgan fingerprint density at radius 3 is 2.69 bits per heavy atom. The van der Waals surface area contributed by atoms with Crippen LogP contribution in [0.15, 0.2) is 29.8 Å². The van der Waals surface area contributed by atoms with E-state index in [0.29, 0.717) is 36.6 Å². The molecule has 1 aromatic heterocycles. The second-order valence-electron chi connectivity index (χ2n) is 5.95. The normalized spacial score (nSPS) is 14.8. The number of rotatable bonds is 5. The largest absolute Gasteiger partial charge is 0.342 e. The maximum Gasteiger partial charge on any atom is 0.273 e. The van der Waals surface area contributed by atoms with Gasteiger partial charge in [-0.1, -0.05) is 29.5 Å². The van der Waals surface area contributed by atoms with E-state index in [4.69, 9.17) is 0 Å². The molecule has 2 amide bonds. The van der Waals surface area contributed by atoms with Crippen LogP contribution in [0.5, 0.6) is 0 Å². The van der Waals surface area contributed by atoms with Crippen molar-refractivity contribution in [2.45, 2.75) is 19.3 Å². The van der Waals surface area contributed by atoms with Crippen LogP contribution in [0.1, 0.15) is 18.4 Å². The number of likely N-dealkylation sites (tertiary alicyclic amines) is 1. The fraction of sp³-hybridized carbons (Fsp3) is 0.375. The summed E-state index contributed by atoms with van der Waals surface area (Å²) in [5.74, 6) is -0.469. The van der Waals surface area contributed by atoms with E-state index < -0.39 is 4.92 Å². The van der Waals surface area contributed by atoms with Crippen LogP contribution >= 0.6 is 11.3 Å². The fourth-order valence-electron chi connectivity index (χ4n) is 2.94. The molecule has 0 atom stereocenters. The van der Waals surface area contributed by atoms with Gasteiger partial charge in [0.25, 0.3) is 5.69 Å². The van der Waals surface area contributed by atoms with E-state index in [1.165, 1.54) is 17.4 Å². The number of carbonyl (C=O) groups excluding carboxylic acids is 2. The first-order chi connectivity index (χ1) is 12.5. The number of benzene rings is 1. The monoisotopic (exact) mass is 375 g/mol. The number of nitro benzene ring substituents is 1. The van der Waals surface area contributed by atoms with Crippen LogP contribution in [0.25, 0.3) is 0 Å². The smallest absolute Gasteiger partial charge is 0.273 e. The second kappa shape index (κ2) is 8.00. The standard InChI is InChI=1S/C16H17N5O4S/c22-14(9-12-3-1-2-4-13(12)21(24)25)20-7-5-11(6-8-20)15(23)18-16-19-17-10-26-16/h1-4,10-11H,5-9H2,(H,18,19,23). The molecule has 0 saturated carbocycles. The van der Waals surface area contributed by atoms with Gasteiger partial charge in [0.15, 0.2) is 0 Å². The molecule has 0 radical (unpaired) electrons. The number of para-hydroxylation sites is 1. The van der Waals surface area contributed by atoms with Crippen molar-refractivity contribution >= 4 is 34.0 Å². The number of anilines is 1. The molecule has 1 aliphatic heterocycles. The lowest BCUT2D eigenvalue weighted by atomic mass is 9.95. The summed E-state index contributed by atoms with van der Waals surface area (Å²) in [7, 11) is 0. The molecule has 0 bridgehead atoms. The molecule has 136 valence electrons. The zero-order valence-corrected chi connectivity index (χ0v) is 14.6. The van der Waals surface area contributed by atoms with Crippen molar-refractivity contribution in [3.05, 3.63) is 45.5 Å². The van der Waals surface area contributed by atoms with Gasteiger partial charge in [-0.25, -0.2) is 0 Å². The van der Waals surface area contributed by atoms with Gasteiger partial charge in [0.1, 0.15) is 5.51 Å². The van der Waals surface area contributed by atoms with Gasteiger partial charge in [0.2, 0.25) is 16.9 Å². The summed E-state index contributed by atoms with van der Waals surface area (Å²) >= 11 is 1.25. The molecular weight excluding hydrogens is 358 g/mol. The second-order valence-corrected chi connectivity index (χ2v) is 6.78. The number of hydrogen-bond acceptors (Lipinski definition) is 7. The van der Waals surface area contributed by atoms with Gasteiger partial charge in [-0.15, -0.1) is 10.2 Å². The van der Waals surface area contributed by atoms with Gasteiger partial charge < -0.3 is 10.2 Å². The van der Waals surface area contributed by atoms with Gasteiger partial charge in [-0.3, -0.25) is 19.7 Å². The molecule has 1 N–H and O–H groups in total. The van der Waals surface area contributed by atoms with E-state index in [-0.39, 0.29) is 29.8 Å². The number of amides is 2. The third kappa shape index (κ3) is 4.20. The van der Waals surface area contributed by atoms with Crippen molar-refractivity contribution in [2.75, 3.05) is 18.4 Å². The molecule has 0 spiro atoms. The predicted octanol–water partition coefficient (Wildman–Crippen LogP) is 1.87. The number of aromatic nitrogens is 2. The average molecular weight is 375 g/mol. The Hall–Kier alpha value is -2.88. The van der Waals surface area contributed by atoms with E-state index in [1.54, 1.807) is 28.6 Å². The first-order valence-corrected chi connectivity index (χ1v) is 8.99. The zero-order valence-electron chi connectivity index (χ0n) is 13.8. The van der Waals surface area contributed by atoms with Crippen LogP contribution in [0.3, 0.4) is 0 Å². The Balaban J connectivity index is 1.54. The third-order valence-electron chi connectivity index (χ3n) is 4.34. The summed E-state index contributed by atoms with van der Waals surface area (Å²) in [5, 5.41) is 21.7. The lowest BCUT2D eigenvalue weighted by Crippen LogP contribution is -2.42. The summed E-state index contributed by atoms with van der Waals surface area (Å²) in [5.41, 5.74) is 1.89. The quantitative estimate of drug-likeness (QED) is 0.629. The molecule has 1 aliphatic rings. The topological polar surface area (TPSA) is 118 Å². The molecule has 9 nitrogen and oxygen atoms in total. The maximum atomic E-state index is 12.5. The molecule has 2 aromatic rings. The van der Waals surface area contributed by atoms with Crippen molar-refractivity contribution in [3.63, 3.8) is 0 Å². The maximum absolute atomic E-state index is 12.5. The molecule has 26 heavy (non-hydrogen) atoms. The average Bonchev–Trinajstić information content (AvgIpc) is 3.15. The first kappa shape index (κ1) is 17.9. The summed E-state index contributed by atoms with van der Waals surface area (Å²) in [6.07, 6.45) is 1.08. The molecule has 1 saturated heterocycles. The van der Waals surface area contributed by atoms with Gasteiger partial charge in [0.05, 0.1) is 11.3 Å². The molecular formula is C16H17N5O4S. The summed E-state index contributed by atoms with van der Waals surface area (Å²) in [6, 6.07) is 6.25. The number of hydrogen-bond donors (Lipinski definition) is 1. The van der Waals surface area contributed by atoms with Crippen molar-refractivity contribution in [2.24, 2.45) is 5.92 Å². The fourth-order valence-corrected chi connectivity index (χ4v) is 3.39. The summed E-state index contributed by atoms with van der Waals surface area (Å²) < 4.78 is 0. The molecule has 1 aromatic carbocycles. The Labute approximate surface area is 153 Å². The van der Waals surface area contributed by atoms with Crippen LogP contribution in [0, 0.1) is 16.0 Å². The number of carbonyl (C=O) groups is 2.